The first-order valence-corrected chi connectivity index (χ1v) is 6.59. The normalized spacial score (nSPS) is 11.5. The van der Waals surface area contributed by atoms with Crippen molar-refractivity contribution in [2.24, 2.45) is 5.41 Å². The van der Waals surface area contributed by atoms with E-state index in [4.69, 9.17) is 9.47 Å². The Kier molecular flexibility index (Phi) is 4.98. The highest BCUT2D eigenvalue weighted by Gasteiger charge is 2.29. The molecule has 1 aromatic carbocycles. The van der Waals surface area contributed by atoms with Crippen LogP contribution in [0.2, 0.25) is 0 Å². The number of benzene rings is 1. The molecule has 1 aromatic rings. The third-order valence-electron chi connectivity index (χ3n) is 3.08. The molecule has 0 heterocycles. The molecule has 106 valence electrons. The summed E-state index contributed by atoms with van der Waals surface area (Å²) in [6.07, 6.45) is 0. The molecule has 0 unspecified atom stereocenters. The molecule has 3 heteroatoms. The first-order chi connectivity index (χ1) is 8.76. The van der Waals surface area contributed by atoms with E-state index >= 15 is 0 Å². The summed E-state index contributed by atoms with van der Waals surface area (Å²) in [7, 11) is 1.40. The quantitative estimate of drug-likeness (QED) is 0.761. The number of carbonyl (C=O) groups is 1. The highest BCUT2D eigenvalue weighted by atomic mass is 16.5. The minimum Gasteiger partial charge on any atom is -0.492 e. The zero-order valence-electron chi connectivity index (χ0n) is 12.7. The van der Waals surface area contributed by atoms with E-state index < -0.39 is 5.41 Å². The lowest BCUT2D eigenvalue weighted by atomic mass is 9.95. The van der Waals surface area contributed by atoms with Gasteiger partial charge in [-0.05, 0) is 49.9 Å². The second kappa shape index (κ2) is 6.09. The van der Waals surface area contributed by atoms with Gasteiger partial charge in [0, 0.05) is 0 Å². The number of rotatable bonds is 5. The van der Waals surface area contributed by atoms with Crippen LogP contribution in [0.1, 0.15) is 44.7 Å². The Hall–Kier alpha value is -1.51. The van der Waals surface area contributed by atoms with Crippen molar-refractivity contribution in [2.45, 2.75) is 40.5 Å². The highest BCUT2D eigenvalue weighted by molar-refractivity contribution is 5.75. The summed E-state index contributed by atoms with van der Waals surface area (Å²) in [5.74, 6) is 1.00. The fraction of sp³-hybridized carbons (Fsp3) is 0.562. The van der Waals surface area contributed by atoms with Gasteiger partial charge in [-0.1, -0.05) is 19.9 Å². The van der Waals surface area contributed by atoms with Gasteiger partial charge in [-0.3, -0.25) is 4.79 Å². The largest absolute Gasteiger partial charge is 0.492 e. The van der Waals surface area contributed by atoms with Crippen LogP contribution in [0.25, 0.3) is 0 Å². The van der Waals surface area contributed by atoms with Gasteiger partial charge >= 0.3 is 5.97 Å². The molecule has 0 aliphatic heterocycles. The van der Waals surface area contributed by atoms with Crippen LogP contribution in [-0.2, 0) is 9.53 Å². The van der Waals surface area contributed by atoms with E-state index in [0.29, 0.717) is 12.5 Å². The Labute approximate surface area is 115 Å². The average Bonchev–Trinajstić information content (AvgIpc) is 2.34. The number of methoxy groups -OCH3 is 1. The van der Waals surface area contributed by atoms with Crippen LogP contribution in [0.5, 0.6) is 5.75 Å². The standard InChI is InChI=1S/C16H24O3/c1-11(2)13-7-12(3)8-14(9-13)19-10-16(4,5)15(17)18-6/h7-9,11H,10H2,1-6H3. The first-order valence-electron chi connectivity index (χ1n) is 6.59. The van der Waals surface area contributed by atoms with Crippen molar-refractivity contribution in [1.82, 2.24) is 0 Å². The second-order valence-electron chi connectivity index (χ2n) is 5.90. The minimum atomic E-state index is -0.642. The number of hydrogen-bond donors (Lipinski definition) is 0. The lowest BCUT2D eigenvalue weighted by Crippen LogP contribution is -2.32. The molecule has 0 atom stereocenters. The summed E-state index contributed by atoms with van der Waals surface area (Å²) < 4.78 is 10.5. The zero-order chi connectivity index (χ0) is 14.6. The minimum absolute atomic E-state index is 0.260. The predicted octanol–water partition coefficient (Wildman–Crippen LogP) is 3.70. The van der Waals surface area contributed by atoms with E-state index in [-0.39, 0.29) is 5.97 Å². The Morgan fingerprint density at radius 3 is 2.42 bits per heavy atom. The topological polar surface area (TPSA) is 35.5 Å². The molecule has 0 aromatic heterocycles. The SMILES string of the molecule is COC(=O)C(C)(C)COc1cc(C)cc(C(C)C)c1. The number of ether oxygens (including phenoxy) is 2. The molecule has 0 fully saturated rings. The third kappa shape index (κ3) is 4.27. The zero-order valence-corrected chi connectivity index (χ0v) is 12.7. The molecular weight excluding hydrogens is 240 g/mol. The summed E-state index contributed by atoms with van der Waals surface area (Å²) in [6.45, 7) is 10.3. The van der Waals surface area contributed by atoms with Crippen LogP contribution in [0, 0.1) is 12.3 Å². The fourth-order valence-corrected chi connectivity index (χ4v) is 1.79. The van der Waals surface area contributed by atoms with Crippen molar-refractivity contribution < 1.29 is 14.3 Å². The van der Waals surface area contributed by atoms with Gasteiger partial charge in [0.2, 0.25) is 0 Å². The Balaban J connectivity index is 2.81. The van der Waals surface area contributed by atoms with E-state index in [2.05, 4.69) is 19.9 Å². The van der Waals surface area contributed by atoms with Crippen LogP contribution < -0.4 is 4.74 Å². The molecule has 0 N–H and O–H groups in total. The van der Waals surface area contributed by atoms with Gasteiger partial charge in [-0.2, -0.15) is 0 Å². The number of esters is 1. The van der Waals surface area contributed by atoms with Crippen molar-refractivity contribution in [2.75, 3.05) is 13.7 Å². The predicted molar refractivity (Wildman–Crippen MR) is 76.6 cm³/mol. The molecule has 0 bridgehead atoms. The smallest absolute Gasteiger partial charge is 0.314 e. The van der Waals surface area contributed by atoms with Gasteiger partial charge in [-0.15, -0.1) is 0 Å². The van der Waals surface area contributed by atoms with Crippen LogP contribution in [0.3, 0.4) is 0 Å². The molecule has 0 aliphatic rings. The van der Waals surface area contributed by atoms with Gasteiger partial charge in [0.25, 0.3) is 0 Å². The summed E-state index contributed by atoms with van der Waals surface area (Å²) >= 11 is 0. The average molecular weight is 264 g/mol. The van der Waals surface area contributed by atoms with Crippen molar-refractivity contribution in [3.8, 4) is 5.75 Å². The number of hydrogen-bond acceptors (Lipinski definition) is 3. The molecule has 0 aliphatic carbocycles. The molecule has 0 amide bonds. The molecule has 0 spiro atoms. The van der Waals surface area contributed by atoms with E-state index in [0.717, 1.165) is 11.3 Å². The molecule has 3 nitrogen and oxygen atoms in total. The lowest BCUT2D eigenvalue weighted by molar-refractivity contribution is -0.152. The maximum Gasteiger partial charge on any atom is 0.314 e. The second-order valence-corrected chi connectivity index (χ2v) is 5.90. The molecule has 19 heavy (non-hydrogen) atoms. The number of carbonyl (C=O) groups excluding carboxylic acids is 1. The number of aryl methyl sites for hydroxylation is 1. The van der Waals surface area contributed by atoms with E-state index in [1.807, 2.05) is 32.9 Å². The maximum atomic E-state index is 11.6. The highest BCUT2D eigenvalue weighted by Crippen LogP contribution is 2.25. The van der Waals surface area contributed by atoms with Crippen LogP contribution in [0.15, 0.2) is 18.2 Å². The monoisotopic (exact) mass is 264 g/mol. The van der Waals surface area contributed by atoms with Gasteiger partial charge in [0.15, 0.2) is 0 Å². The molecular formula is C16H24O3. The molecule has 0 saturated heterocycles. The summed E-state index contributed by atoms with van der Waals surface area (Å²) in [5.41, 5.74) is 1.76. The maximum absolute atomic E-state index is 11.6. The molecule has 0 radical (unpaired) electrons. The van der Waals surface area contributed by atoms with Crippen LogP contribution in [0.4, 0.5) is 0 Å². The molecule has 0 saturated carbocycles. The van der Waals surface area contributed by atoms with E-state index in [9.17, 15) is 4.79 Å². The van der Waals surface area contributed by atoms with Crippen LogP contribution >= 0.6 is 0 Å². The van der Waals surface area contributed by atoms with Crippen LogP contribution in [-0.4, -0.2) is 19.7 Å². The lowest BCUT2D eigenvalue weighted by Gasteiger charge is -2.22. The Morgan fingerprint density at radius 2 is 1.89 bits per heavy atom. The van der Waals surface area contributed by atoms with Crippen molar-refractivity contribution in [3.63, 3.8) is 0 Å². The summed E-state index contributed by atoms with van der Waals surface area (Å²) in [4.78, 5) is 11.6. The third-order valence-corrected chi connectivity index (χ3v) is 3.08. The van der Waals surface area contributed by atoms with Gasteiger partial charge in [0.05, 0.1) is 12.5 Å². The molecule has 1 rings (SSSR count). The fourth-order valence-electron chi connectivity index (χ4n) is 1.79. The van der Waals surface area contributed by atoms with Gasteiger partial charge < -0.3 is 9.47 Å². The Bertz CT molecular complexity index is 447. The van der Waals surface area contributed by atoms with Crippen molar-refractivity contribution >= 4 is 5.97 Å². The summed E-state index contributed by atoms with van der Waals surface area (Å²) in [6, 6.07) is 6.17. The van der Waals surface area contributed by atoms with E-state index in [1.54, 1.807) is 0 Å². The van der Waals surface area contributed by atoms with Crippen molar-refractivity contribution in [3.05, 3.63) is 29.3 Å². The van der Waals surface area contributed by atoms with Crippen molar-refractivity contribution in [1.29, 1.82) is 0 Å². The first kappa shape index (κ1) is 15.5. The summed E-state index contributed by atoms with van der Waals surface area (Å²) in [5, 5.41) is 0. The Morgan fingerprint density at radius 1 is 1.26 bits per heavy atom. The van der Waals surface area contributed by atoms with E-state index in [1.165, 1.54) is 12.7 Å². The van der Waals surface area contributed by atoms with Gasteiger partial charge in [-0.25, -0.2) is 0 Å². The van der Waals surface area contributed by atoms with Gasteiger partial charge in [0.1, 0.15) is 12.4 Å².